The number of aliphatic carboxylic acids is 1. The Morgan fingerprint density at radius 3 is 2.14 bits per heavy atom. The van der Waals surface area contributed by atoms with E-state index in [0.717, 1.165) is 43.9 Å². The zero-order valence-corrected chi connectivity index (χ0v) is 23.8. The van der Waals surface area contributed by atoms with Gasteiger partial charge in [-0.2, -0.15) is 18.3 Å². The number of alkyl halides is 3. The molecule has 1 aliphatic rings. The first-order chi connectivity index (χ1) is 19.8. The summed E-state index contributed by atoms with van der Waals surface area (Å²) in [6, 6.07) is 14.8. The van der Waals surface area contributed by atoms with E-state index in [1.54, 1.807) is 18.3 Å². The Hall–Kier alpha value is -4.10. The zero-order valence-electron chi connectivity index (χ0n) is 23.0. The molecule has 1 saturated heterocycles. The molecule has 4 rings (SSSR count). The van der Waals surface area contributed by atoms with E-state index in [4.69, 9.17) is 21.5 Å². The van der Waals surface area contributed by atoms with Crippen LogP contribution in [0.4, 0.5) is 35.0 Å². The van der Waals surface area contributed by atoms with Gasteiger partial charge in [0.1, 0.15) is 5.02 Å². The Kier molecular flexibility index (Phi) is 11.3. The van der Waals surface area contributed by atoms with Crippen LogP contribution in [0.5, 0.6) is 0 Å². The first kappa shape index (κ1) is 32.4. The molecule has 42 heavy (non-hydrogen) atoms. The molecule has 2 aromatic carbocycles. The first-order valence-corrected chi connectivity index (χ1v) is 13.5. The third-order valence-electron chi connectivity index (χ3n) is 6.27. The number of carboxylic acids is 1. The van der Waals surface area contributed by atoms with Crippen LogP contribution in [0.2, 0.25) is 5.02 Å². The van der Waals surface area contributed by atoms with Crippen molar-refractivity contribution in [3.8, 4) is 0 Å². The lowest BCUT2D eigenvalue weighted by Gasteiger charge is -2.23. The number of carbonyl (C=O) groups excluding carboxylic acids is 1. The number of nitrogens with one attached hydrogen (secondary N) is 3. The van der Waals surface area contributed by atoms with E-state index >= 15 is 0 Å². The molecule has 1 fully saturated rings. The summed E-state index contributed by atoms with van der Waals surface area (Å²) in [6.07, 6.45) is -2.43. The number of rotatable bonds is 6. The first-order valence-electron chi connectivity index (χ1n) is 13.1. The monoisotopic (exact) mass is 608 g/mol. The molecule has 0 spiro atoms. The van der Waals surface area contributed by atoms with Crippen LogP contribution in [0.25, 0.3) is 0 Å². The van der Waals surface area contributed by atoms with Gasteiger partial charge >= 0.3 is 18.2 Å². The fraction of sp³-hybridized carbons (Fsp3) is 0.357. The largest absolute Gasteiger partial charge is 0.490 e. The third-order valence-corrected chi connectivity index (χ3v) is 6.62. The summed E-state index contributed by atoms with van der Waals surface area (Å²) < 4.78 is 33.1. The van der Waals surface area contributed by atoms with Crippen LogP contribution in [0.3, 0.4) is 0 Å². The Bertz CT molecular complexity index is 1410. The number of carbonyl (C=O) groups is 2. The number of amides is 2. The highest BCUT2D eigenvalue weighted by Gasteiger charge is 2.38. The molecule has 2 heterocycles. The van der Waals surface area contributed by atoms with Gasteiger partial charge < -0.3 is 26.0 Å². The Morgan fingerprint density at radius 2 is 1.60 bits per heavy atom. The molecular formula is C28H32ClF3N6O4. The minimum Gasteiger partial charge on any atom is -0.475 e. The van der Waals surface area contributed by atoms with E-state index in [9.17, 15) is 22.8 Å². The van der Waals surface area contributed by atoms with Crippen molar-refractivity contribution in [1.82, 2.24) is 15.1 Å². The molecule has 0 aliphatic carbocycles. The Labute approximate surface area is 245 Å². The number of urea groups is 1. The van der Waals surface area contributed by atoms with Gasteiger partial charge in [-0.15, -0.1) is 0 Å². The van der Waals surface area contributed by atoms with E-state index in [1.807, 2.05) is 36.4 Å². The molecule has 14 heteroatoms. The second-order valence-electron chi connectivity index (χ2n) is 9.75. The summed E-state index contributed by atoms with van der Waals surface area (Å²) in [4.78, 5) is 36.2. The topological polar surface area (TPSA) is 129 Å². The smallest absolute Gasteiger partial charge is 0.475 e. The van der Waals surface area contributed by atoms with Crippen molar-refractivity contribution in [2.24, 2.45) is 0 Å². The van der Waals surface area contributed by atoms with Crippen LogP contribution in [-0.4, -0.2) is 59.2 Å². The maximum atomic E-state index is 12.8. The van der Waals surface area contributed by atoms with Crippen LogP contribution < -0.4 is 26.4 Å². The summed E-state index contributed by atoms with van der Waals surface area (Å²) in [7, 11) is 0. The van der Waals surface area contributed by atoms with Crippen molar-refractivity contribution in [3.05, 3.63) is 81.2 Å². The second kappa shape index (κ2) is 14.7. The normalized spacial score (nSPS) is 13.5. The third kappa shape index (κ3) is 9.48. The molecule has 0 saturated carbocycles. The highest BCUT2D eigenvalue weighted by molar-refractivity contribution is 6.33. The SMILES string of the molecule is CC(C)c1ccc(NC(=O)Nc2ccc(Cn3ncc(N4CCCNCC4)c(Cl)c3=O)cc2)cc1.O=C(O)C(F)(F)F. The van der Waals surface area contributed by atoms with Crippen LogP contribution in [0, 0.1) is 0 Å². The minimum atomic E-state index is -5.08. The van der Waals surface area contributed by atoms with Gasteiger partial charge in [0.05, 0.1) is 18.4 Å². The van der Waals surface area contributed by atoms with Crippen molar-refractivity contribution in [2.75, 3.05) is 41.7 Å². The van der Waals surface area contributed by atoms with Gasteiger partial charge in [-0.3, -0.25) is 4.79 Å². The van der Waals surface area contributed by atoms with Crippen molar-refractivity contribution in [1.29, 1.82) is 0 Å². The van der Waals surface area contributed by atoms with Gasteiger partial charge in [-0.05, 0) is 54.3 Å². The van der Waals surface area contributed by atoms with Gasteiger partial charge in [0.25, 0.3) is 5.56 Å². The predicted octanol–water partition coefficient (Wildman–Crippen LogP) is 5.15. The van der Waals surface area contributed by atoms with E-state index in [0.29, 0.717) is 17.3 Å². The summed E-state index contributed by atoms with van der Waals surface area (Å²) in [6.45, 7) is 7.97. The lowest BCUT2D eigenvalue weighted by atomic mass is 10.0. The number of hydrogen-bond donors (Lipinski definition) is 4. The van der Waals surface area contributed by atoms with Gasteiger partial charge in [0.2, 0.25) is 0 Å². The van der Waals surface area contributed by atoms with E-state index in [1.165, 1.54) is 10.2 Å². The molecule has 0 atom stereocenters. The molecule has 1 aromatic heterocycles. The van der Waals surface area contributed by atoms with Crippen LogP contribution in [-0.2, 0) is 11.3 Å². The molecule has 1 aliphatic heterocycles. The molecule has 3 aromatic rings. The molecule has 0 radical (unpaired) electrons. The van der Waals surface area contributed by atoms with Crippen LogP contribution in [0.15, 0.2) is 59.5 Å². The highest BCUT2D eigenvalue weighted by Crippen LogP contribution is 2.22. The zero-order chi connectivity index (χ0) is 30.9. The lowest BCUT2D eigenvalue weighted by Crippen LogP contribution is -2.32. The number of aromatic nitrogens is 2. The second-order valence-corrected chi connectivity index (χ2v) is 10.1. The predicted molar refractivity (Wildman–Crippen MR) is 156 cm³/mol. The molecule has 226 valence electrons. The van der Waals surface area contributed by atoms with Crippen molar-refractivity contribution < 1.29 is 27.9 Å². The van der Waals surface area contributed by atoms with Crippen LogP contribution >= 0.6 is 11.6 Å². The number of hydrogen-bond acceptors (Lipinski definition) is 6. The fourth-order valence-electron chi connectivity index (χ4n) is 3.99. The molecule has 2 amide bonds. The number of anilines is 3. The average Bonchev–Trinajstić information content (AvgIpc) is 3.22. The standard InChI is InChI=1S/C26H31ClN6O2.C2HF3O2/c1-18(2)20-6-10-22(11-7-20)31-26(35)30-21-8-4-19(5-9-21)17-33-25(34)24(27)23(16-29-33)32-14-3-12-28-13-15-32;3-2(4,5)1(6)7/h4-11,16,18,28H,3,12-15,17H2,1-2H3,(H2,30,31,35);(H,6,7). The quantitative estimate of drug-likeness (QED) is 0.305. The minimum absolute atomic E-state index is 0.193. The van der Waals surface area contributed by atoms with Crippen LogP contribution in [0.1, 0.15) is 37.3 Å². The summed E-state index contributed by atoms with van der Waals surface area (Å²) >= 11 is 6.43. The van der Waals surface area contributed by atoms with Gasteiger partial charge in [0.15, 0.2) is 0 Å². The van der Waals surface area contributed by atoms with Gasteiger partial charge in [-0.1, -0.05) is 49.7 Å². The van der Waals surface area contributed by atoms with Gasteiger partial charge in [0, 0.05) is 31.0 Å². The summed E-state index contributed by atoms with van der Waals surface area (Å²) in [5.74, 6) is -2.32. The highest BCUT2D eigenvalue weighted by atomic mass is 35.5. The van der Waals surface area contributed by atoms with E-state index < -0.39 is 12.1 Å². The molecule has 4 N–H and O–H groups in total. The Morgan fingerprint density at radius 1 is 1.02 bits per heavy atom. The molecular weight excluding hydrogens is 577 g/mol. The fourth-order valence-corrected chi connectivity index (χ4v) is 4.25. The van der Waals surface area contributed by atoms with Crippen molar-refractivity contribution in [3.63, 3.8) is 0 Å². The van der Waals surface area contributed by atoms with E-state index in [-0.39, 0.29) is 23.2 Å². The lowest BCUT2D eigenvalue weighted by molar-refractivity contribution is -0.192. The van der Waals surface area contributed by atoms with Gasteiger partial charge in [-0.25, -0.2) is 14.3 Å². The number of halogens is 4. The Balaban J connectivity index is 0.000000616. The van der Waals surface area contributed by atoms with Crippen molar-refractivity contribution in [2.45, 2.75) is 38.9 Å². The maximum Gasteiger partial charge on any atom is 0.490 e. The van der Waals surface area contributed by atoms with E-state index in [2.05, 4.69) is 39.8 Å². The number of carboxylic acid groups (broad SMARTS) is 1. The maximum absolute atomic E-state index is 12.8. The number of nitrogens with zero attached hydrogens (tertiary/aromatic N) is 3. The number of benzene rings is 2. The van der Waals surface area contributed by atoms with Crippen molar-refractivity contribution >= 4 is 40.7 Å². The summed E-state index contributed by atoms with van der Waals surface area (Å²) in [5, 5.41) is 20.7. The molecule has 0 unspecified atom stereocenters. The summed E-state index contributed by atoms with van der Waals surface area (Å²) in [5.41, 5.74) is 3.83. The molecule has 0 bridgehead atoms. The molecule has 10 nitrogen and oxygen atoms in total. The average molecular weight is 609 g/mol.